The highest BCUT2D eigenvalue weighted by Gasteiger charge is 2.30. The van der Waals surface area contributed by atoms with Crippen LogP contribution in [0.2, 0.25) is 0 Å². The number of nitrogens with zero attached hydrogens (tertiary/aromatic N) is 1. The van der Waals surface area contributed by atoms with E-state index in [1.165, 1.54) is 6.92 Å². The number of fused-ring (bicyclic) bond motifs is 1. The molecule has 2 aromatic carbocycles. The Bertz CT molecular complexity index is 1020. The fourth-order valence-corrected chi connectivity index (χ4v) is 4.79. The summed E-state index contributed by atoms with van der Waals surface area (Å²) in [6, 6.07) is 10.5. The van der Waals surface area contributed by atoms with Crippen molar-refractivity contribution in [2.75, 3.05) is 25.7 Å². The number of carbonyl (C=O) groups is 1. The van der Waals surface area contributed by atoms with Crippen molar-refractivity contribution in [3.05, 3.63) is 47.5 Å². The molecular weight excluding hydrogens is 392 g/mol. The van der Waals surface area contributed by atoms with E-state index in [2.05, 4.69) is 4.72 Å². The van der Waals surface area contributed by atoms with Crippen LogP contribution in [0, 0.1) is 0 Å². The normalized spacial score (nSPS) is 15.9. The second kappa shape index (κ2) is 8.42. The highest BCUT2D eigenvalue weighted by Crippen LogP contribution is 2.34. The van der Waals surface area contributed by atoms with Crippen LogP contribution in [0.4, 0.5) is 5.69 Å². The van der Waals surface area contributed by atoms with Gasteiger partial charge in [-0.25, -0.2) is 13.1 Å². The molecule has 1 amide bonds. The van der Waals surface area contributed by atoms with Crippen LogP contribution < -0.4 is 19.1 Å². The van der Waals surface area contributed by atoms with E-state index in [0.29, 0.717) is 24.3 Å². The lowest BCUT2D eigenvalue weighted by Gasteiger charge is -2.20. The zero-order chi connectivity index (χ0) is 21.2. The highest BCUT2D eigenvalue weighted by atomic mass is 32.2. The monoisotopic (exact) mass is 418 g/mol. The largest absolute Gasteiger partial charge is 0.493 e. The molecule has 0 bridgehead atoms. The number of ether oxygens (including phenoxy) is 2. The van der Waals surface area contributed by atoms with E-state index in [-0.39, 0.29) is 23.4 Å². The van der Waals surface area contributed by atoms with Gasteiger partial charge in [-0.05, 0) is 61.2 Å². The second-order valence-electron chi connectivity index (χ2n) is 7.07. The number of rotatable bonds is 7. The van der Waals surface area contributed by atoms with Gasteiger partial charge in [-0.2, -0.15) is 0 Å². The predicted molar refractivity (Wildman–Crippen MR) is 111 cm³/mol. The van der Waals surface area contributed by atoms with E-state index < -0.39 is 10.0 Å². The molecule has 0 saturated heterocycles. The third-order valence-corrected chi connectivity index (χ3v) is 6.53. The average Bonchev–Trinajstić information content (AvgIpc) is 3.02. The van der Waals surface area contributed by atoms with Crippen LogP contribution in [0.25, 0.3) is 0 Å². The SMILES string of the molecule is COc1ccc(CCNS(=O)(=O)c2ccc3c(c2)C[C@H](C)N3C(C)=O)cc1OC. The second-order valence-corrected chi connectivity index (χ2v) is 8.84. The summed E-state index contributed by atoms with van der Waals surface area (Å²) in [5.41, 5.74) is 2.59. The first-order valence-electron chi connectivity index (χ1n) is 9.40. The molecule has 0 unspecified atom stereocenters. The van der Waals surface area contributed by atoms with Crippen molar-refractivity contribution in [2.24, 2.45) is 0 Å². The minimum absolute atomic E-state index is 0.0264. The summed E-state index contributed by atoms with van der Waals surface area (Å²) in [6.07, 6.45) is 1.16. The van der Waals surface area contributed by atoms with Gasteiger partial charge in [0.25, 0.3) is 0 Å². The third kappa shape index (κ3) is 4.38. The molecule has 1 atom stereocenters. The van der Waals surface area contributed by atoms with Crippen molar-refractivity contribution in [3.8, 4) is 11.5 Å². The van der Waals surface area contributed by atoms with Gasteiger partial charge in [0, 0.05) is 25.2 Å². The van der Waals surface area contributed by atoms with E-state index in [4.69, 9.17) is 9.47 Å². The molecule has 29 heavy (non-hydrogen) atoms. The molecule has 1 aliphatic rings. The van der Waals surface area contributed by atoms with Crippen molar-refractivity contribution < 1.29 is 22.7 Å². The number of hydrogen-bond donors (Lipinski definition) is 1. The van der Waals surface area contributed by atoms with Gasteiger partial charge in [0.15, 0.2) is 11.5 Å². The van der Waals surface area contributed by atoms with Crippen LogP contribution >= 0.6 is 0 Å². The summed E-state index contributed by atoms with van der Waals surface area (Å²) in [6.45, 7) is 3.73. The van der Waals surface area contributed by atoms with Gasteiger partial charge in [0.1, 0.15) is 0 Å². The quantitative estimate of drug-likeness (QED) is 0.747. The van der Waals surface area contributed by atoms with Crippen molar-refractivity contribution in [1.82, 2.24) is 4.72 Å². The number of nitrogens with one attached hydrogen (secondary N) is 1. The van der Waals surface area contributed by atoms with Crippen LogP contribution in [0.1, 0.15) is 25.0 Å². The Labute approximate surface area is 171 Å². The Morgan fingerprint density at radius 2 is 1.86 bits per heavy atom. The van der Waals surface area contributed by atoms with Gasteiger partial charge >= 0.3 is 0 Å². The molecule has 7 nitrogen and oxygen atoms in total. The topological polar surface area (TPSA) is 84.9 Å². The lowest BCUT2D eigenvalue weighted by molar-refractivity contribution is -0.116. The van der Waals surface area contributed by atoms with Crippen molar-refractivity contribution in [2.45, 2.75) is 37.6 Å². The van der Waals surface area contributed by atoms with Gasteiger partial charge in [-0.15, -0.1) is 0 Å². The van der Waals surface area contributed by atoms with E-state index in [9.17, 15) is 13.2 Å². The molecule has 0 spiro atoms. The summed E-state index contributed by atoms with van der Waals surface area (Å²) in [5, 5.41) is 0. The maximum atomic E-state index is 12.7. The summed E-state index contributed by atoms with van der Waals surface area (Å²) in [5.74, 6) is 1.19. The molecule has 8 heteroatoms. The minimum Gasteiger partial charge on any atom is -0.493 e. The number of anilines is 1. The first kappa shape index (κ1) is 21.1. The number of sulfonamides is 1. The fourth-order valence-electron chi connectivity index (χ4n) is 3.70. The van der Waals surface area contributed by atoms with Gasteiger partial charge < -0.3 is 14.4 Å². The maximum Gasteiger partial charge on any atom is 0.240 e. The molecule has 3 rings (SSSR count). The Morgan fingerprint density at radius 3 is 2.52 bits per heavy atom. The molecule has 0 saturated carbocycles. The molecular formula is C21H26N2O5S. The molecule has 1 aliphatic heterocycles. The molecule has 156 valence electrons. The summed E-state index contributed by atoms with van der Waals surface area (Å²) in [4.78, 5) is 13.8. The third-order valence-electron chi connectivity index (χ3n) is 5.07. The number of carbonyl (C=O) groups excluding carboxylic acids is 1. The molecule has 1 N–H and O–H groups in total. The lowest BCUT2D eigenvalue weighted by atomic mass is 10.1. The van der Waals surface area contributed by atoms with E-state index in [1.807, 2.05) is 19.1 Å². The van der Waals surface area contributed by atoms with Crippen LogP contribution in [0.5, 0.6) is 11.5 Å². The molecule has 0 radical (unpaired) electrons. The smallest absolute Gasteiger partial charge is 0.240 e. The zero-order valence-corrected chi connectivity index (χ0v) is 17.9. The van der Waals surface area contributed by atoms with E-state index in [0.717, 1.165) is 16.8 Å². The minimum atomic E-state index is -3.65. The Kier molecular flexibility index (Phi) is 6.14. The summed E-state index contributed by atoms with van der Waals surface area (Å²) in [7, 11) is -0.515. The summed E-state index contributed by atoms with van der Waals surface area (Å²) >= 11 is 0. The molecule has 2 aromatic rings. The van der Waals surface area contributed by atoms with Gasteiger partial charge in [-0.3, -0.25) is 4.79 Å². The lowest BCUT2D eigenvalue weighted by Crippen LogP contribution is -2.33. The van der Waals surface area contributed by atoms with Gasteiger partial charge in [-0.1, -0.05) is 6.07 Å². The number of hydrogen-bond acceptors (Lipinski definition) is 5. The average molecular weight is 419 g/mol. The first-order chi connectivity index (χ1) is 13.8. The molecule has 0 fully saturated rings. The van der Waals surface area contributed by atoms with Gasteiger partial charge in [0.2, 0.25) is 15.9 Å². The number of benzene rings is 2. The van der Waals surface area contributed by atoms with E-state index in [1.54, 1.807) is 43.4 Å². The zero-order valence-electron chi connectivity index (χ0n) is 17.1. The van der Waals surface area contributed by atoms with Crippen LogP contribution in [-0.4, -0.2) is 41.1 Å². The predicted octanol–water partition coefficient (Wildman–Crippen LogP) is 2.52. The first-order valence-corrected chi connectivity index (χ1v) is 10.9. The van der Waals surface area contributed by atoms with Crippen LogP contribution in [0.15, 0.2) is 41.3 Å². The van der Waals surface area contributed by atoms with Gasteiger partial charge in [0.05, 0.1) is 19.1 Å². The Balaban J connectivity index is 1.70. The van der Waals surface area contributed by atoms with E-state index >= 15 is 0 Å². The molecule has 1 heterocycles. The molecule has 0 aromatic heterocycles. The number of methoxy groups -OCH3 is 2. The Hall–Kier alpha value is -2.58. The number of amides is 1. The van der Waals surface area contributed by atoms with Crippen molar-refractivity contribution >= 4 is 21.6 Å². The standard InChI is InChI=1S/C21H26N2O5S/c1-14-11-17-13-18(6-7-19(17)23(14)15(2)24)29(25,26)22-10-9-16-5-8-20(27-3)21(12-16)28-4/h5-8,12-14,22H,9-11H2,1-4H3/t14-/m0/s1. The maximum absolute atomic E-state index is 12.7. The van der Waals surface area contributed by atoms with Crippen LogP contribution in [-0.2, 0) is 27.7 Å². The Morgan fingerprint density at radius 1 is 1.14 bits per heavy atom. The fraction of sp³-hybridized carbons (Fsp3) is 0.381. The highest BCUT2D eigenvalue weighted by molar-refractivity contribution is 7.89. The molecule has 0 aliphatic carbocycles. The van der Waals surface area contributed by atoms with Crippen LogP contribution in [0.3, 0.4) is 0 Å². The summed E-state index contributed by atoms with van der Waals surface area (Å²) < 4.78 is 38.6. The van der Waals surface area contributed by atoms with Crippen molar-refractivity contribution in [1.29, 1.82) is 0 Å². The van der Waals surface area contributed by atoms with Crippen molar-refractivity contribution in [3.63, 3.8) is 0 Å².